The van der Waals surface area contributed by atoms with Crippen molar-refractivity contribution in [3.05, 3.63) is 42.7 Å². The molecule has 1 aromatic heterocycles. The van der Waals surface area contributed by atoms with Gasteiger partial charge in [-0.05, 0) is 31.7 Å². The molecule has 3 rings (SSSR count). The van der Waals surface area contributed by atoms with Crippen molar-refractivity contribution in [2.24, 2.45) is 5.41 Å². The molecular formula is C18H25N3. The summed E-state index contributed by atoms with van der Waals surface area (Å²) in [4.78, 5) is 4.61. The van der Waals surface area contributed by atoms with Gasteiger partial charge in [-0.2, -0.15) is 0 Å². The minimum atomic E-state index is 0.399. The van der Waals surface area contributed by atoms with Gasteiger partial charge in [0.1, 0.15) is 5.82 Å². The Kier molecular flexibility index (Phi) is 3.85. The van der Waals surface area contributed by atoms with Crippen LogP contribution in [0.25, 0.3) is 11.4 Å². The lowest BCUT2D eigenvalue weighted by molar-refractivity contribution is 0.148. The molecule has 1 aliphatic rings. The number of imidazole rings is 1. The summed E-state index contributed by atoms with van der Waals surface area (Å²) in [7, 11) is 2.08. The van der Waals surface area contributed by atoms with E-state index in [4.69, 9.17) is 0 Å². The van der Waals surface area contributed by atoms with E-state index >= 15 is 0 Å². The molecule has 21 heavy (non-hydrogen) atoms. The first kappa shape index (κ1) is 14.3. The molecular weight excluding hydrogens is 258 g/mol. The van der Waals surface area contributed by atoms with Crippen molar-refractivity contribution in [3.8, 4) is 11.4 Å². The highest BCUT2D eigenvalue weighted by Gasteiger charge is 2.35. The third-order valence-corrected chi connectivity index (χ3v) is 4.79. The number of nitrogens with zero attached hydrogens (tertiary/aromatic N) is 2. The monoisotopic (exact) mass is 283 g/mol. The second-order valence-corrected chi connectivity index (χ2v) is 6.89. The van der Waals surface area contributed by atoms with Gasteiger partial charge < -0.3 is 9.88 Å². The third-order valence-electron chi connectivity index (χ3n) is 4.79. The molecule has 2 unspecified atom stereocenters. The molecule has 0 amide bonds. The Morgan fingerprint density at radius 1 is 1.24 bits per heavy atom. The first-order chi connectivity index (χ1) is 10.1. The van der Waals surface area contributed by atoms with E-state index in [0.717, 1.165) is 5.82 Å². The standard InChI is InChI=1S/C18H25N3/c1-18(2)10-9-15(19-3)16(13-18)21-12-11-20-17(21)14-7-5-4-6-8-14/h4-8,11-12,15-16,19H,9-10,13H2,1-3H3. The van der Waals surface area contributed by atoms with Crippen molar-refractivity contribution >= 4 is 0 Å². The van der Waals surface area contributed by atoms with Crippen LogP contribution in [-0.2, 0) is 0 Å². The Morgan fingerprint density at radius 2 is 2.00 bits per heavy atom. The predicted molar refractivity (Wildman–Crippen MR) is 87.2 cm³/mol. The minimum Gasteiger partial charge on any atom is -0.326 e. The van der Waals surface area contributed by atoms with E-state index in [1.165, 1.54) is 24.8 Å². The molecule has 0 saturated heterocycles. The van der Waals surface area contributed by atoms with E-state index in [0.29, 0.717) is 17.5 Å². The summed E-state index contributed by atoms with van der Waals surface area (Å²) in [5.41, 5.74) is 1.59. The third kappa shape index (κ3) is 2.88. The number of hydrogen-bond donors (Lipinski definition) is 1. The summed E-state index contributed by atoms with van der Waals surface area (Å²) in [5.74, 6) is 1.08. The van der Waals surface area contributed by atoms with Gasteiger partial charge in [-0.15, -0.1) is 0 Å². The van der Waals surface area contributed by atoms with Crippen LogP contribution in [0.1, 0.15) is 39.2 Å². The van der Waals surface area contributed by atoms with Gasteiger partial charge in [-0.1, -0.05) is 44.2 Å². The van der Waals surface area contributed by atoms with Crippen LogP contribution >= 0.6 is 0 Å². The van der Waals surface area contributed by atoms with Crippen LogP contribution in [0.4, 0.5) is 0 Å². The summed E-state index contributed by atoms with van der Waals surface area (Å²) >= 11 is 0. The van der Waals surface area contributed by atoms with Crippen LogP contribution < -0.4 is 5.32 Å². The highest BCUT2D eigenvalue weighted by atomic mass is 15.1. The normalized spacial score (nSPS) is 24.9. The zero-order valence-corrected chi connectivity index (χ0v) is 13.2. The molecule has 1 aromatic carbocycles. The molecule has 1 heterocycles. The predicted octanol–water partition coefficient (Wildman–Crippen LogP) is 3.89. The molecule has 0 aliphatic heterocycles. The van der Waals surface area contributed by atoms with E-state index < -0.39 is 0 Å². The molecule has 1 aliphatic carbocycles. The second kappa shape index (κ2) is 5.64. The lowest BCUT2D eigenvalue weighted by Gasteiger charge is -2.41. The number of aromatic nitrogens is 2. The lowest BCUT2D eigenvalue weighted by atomic mass is 9.73. The lowest BCUT2D eigenvalue weighted by Crippen LogP contribution is -2.42. The summed E-state index contributed by atoms with van der Waals surface area (Å²) in [6.07, 6.45) is 7.76. The van der Waals surface area contributed by atoms with Crippen LogP contribution in [0.5, 0.6) is 0 Å². The smallest absolute Gasteiger partial charge is 0.140 e. The molecule has 112 valence electrons. The number of hydrogen-bond acceptors (Lipinski definition) is 2. The van der Waals surface area contributed by atoms with E-state index in [1.54, 1.807) is 0 Å². The van der Waals surface area contributed by atoms with Gasteiger partial charge >= 0.3 is 0 Å². The quantitative estimate of drug-likeness (QED) is 0.926. The van der Waals surface area contributed by atoms with Crippen LogP contribution in [0.2, 0.25) is 0 Å². The first-order valence-corrected chi connectivity index (χ1v) is 7.86. The Labute approximate surface area is 127 Å². The van der Waals surface area contributed by atoms with Crippen LogP contribution in [0, 0.1) is 5.41 Å². The molecule has 1 N–H and O–H groups in total. The van der Waals surface area contributed by atoms with Gasteiger partial charge in [0, 0.05) is 24.0 Å². The van der Waals surface area contributed by atoms with Crippen LogP contribution in [0.15, 0.2) is 42.7 Å². The average molecular weight is 283 g/mol. The summed E-state index contributed by atoms with van der Waals surface area (Å²) in [6.45, 7) is 4.76. The van der Waals surface area contributed by atoms with Crippen molar-refractivity contribution in [3.63, 3.8) is 0 Å². The van der Waals surface area contributed by atoms with Gasteiger partial charge in [0.05, 0.1) is 6.04 Å². The van der Waals surface area contributed by atoms with Gasteiger partial charge in [0.2, 0.25) is 0 Å². The zero-order valence-electron chi connectivity index (χ0n) is 13.2. The molecule has 0 bridgehead atoms. The Morgan fingerprint density at radius 3 is 2.71 bits per heavy atom. The van der Waals surface area contributed by atoms with Gasteiger partial charge in [-0.25, -0.2) is 4.98 Å². The largest absolute Gasteiger partial charge is 0.326 e. The maximum Gasteiger partial charge on any atom is 0.140 e. The SMILES string of the molecule is CNC1CCC(C)(C)CC1n1ccnc1-c1ccccc1. The Bertz CT molecular complexity index is 586. The van der Waals surface area contributed by atoms with Crippen molar-refractivity contribution in [1.82, 2.24) is 14.9 Å². The number of nitrogens with one attached hydrogen (secondary N) is 1. The van der Waals surface area contributed by atoms with Gasteiger partial charge in [0.15, 0.2) is 0 Å². The van der Waals surface area contributed by atoms with Crippen LogP contribution in [0.3, 0.4) is 0 Å². The van der Waals surface area contributed by atoms with Crippen molar-refractivity contribution in [2.75, 3.05) is 7.05 Å². The highest BCUT2D eigenvalue weighted by Crippen LogP contribution is 2.42. The van der Waals surface area contributed by atoms with Crippen molar-refractivity contribution < 1.29 is 0 Å². The van der Waals surface area contributed by atoms with Gasteiger partial charge in [-0.3, -0.25) is 0 Å². The molecule has 3 nitrogen and oxygen atoms in total. The molecule has 2 aromatic rings. The number of likely N-dealkylation sites (N-methyl/N-ethyl adjacent to an activating group) is 1. The van der Waals surface area contributed by atoms with Gasteiger partial charge in [0.25, 0.3) is 0 Å². The first-order valence-electron chi connectivity index (χ1n) is 7.86. The van der Waals surface area contributed by atoms with Crippen LogP contribution in [-0.4, -0.2) is 22.6 Å². The van der Waals surface area contributed by atoms with E-state index in [1.807, 2.05) is 6.20 Å². The molecule has 0 spiro atoms. The van der Waals surface area contributed by atoms with E-state index in [9.17, 15) is 0 Å². The maximum absolute atomic E-state index is 4.61. The maximum atomic E-state index is 4.61. The summed E-state index contributed by atoms with van der Waals surface area (Å²) < 4.78 is 2.37. The Hall–Kier alpha value is -1.61. The fourth-order valence-electron chi connectivity index (χ4n) is 3.57. The topological polar surface area (TPSA) is 29.9 Å². The van der Waals surface area contributed by atoms with Crippen molar-refractivity contribution in [2.45, 2.75) is 45.2 Å². The summed E-state index contributed by atoms with van der Waals surface area (Å²) in [6, 6.07) is 11.5. The Balaban J connectivity index is 1.98. The number of benzene rings is 1. The minimum absolute atomic E-state index is 0.399. The average Bonchev–Trinajstić information content (AvgIpc) is 2.96. The highest BCUT2D eigenvalue weighted by molar-refractivity contribution is 5.55. The zero-order chi connectivity index (χ0) is 14.9. The number of rotatable bonds is 3. The molecule has 3 heteroatoms. The van der Waals surface area contributed by atoms with E-state index in [2.05, 4.69) is 72.3 Å². The van der Waals surface area contributed by atoms with E-state index in [-0.39, 0.29) is 0 Å². The molecule has 1 saturated carbocycles. The fourth-order valence-corrected chi connectivity index (χ4v) is 3.57. The second-order valence-electron chi connectivity index (χ2n) is 6.89. The molecule has 0 radical (unpaired) electrons. The fraction of sp³-hybridized carbons (Fsp3) is 0.500. The van der Waals surface area contributed by atoms with Crippen molar-refractivity contribution in [1.29, 1.82) is 0 Å². The molecule has 2 atom stereocenters. The summed E-state index contributed by atoms with van der Waals surface area (Å²) in [5, 5.41) is 3.51. The molecule has 1 fully saturated rings.